The van der Waals surface area contributed by atoms with Crippen LogP contribution < -0.4 is 15.8 Å². The van der Waals surface area contributed by atoms with E-state index >= 15 is 0 Å². The van der Waals surface area contributed by atoms with E-state index in [1.165, 1.54) is 0 Å². The number of nitrogens with one attached hydrogen (secondary N) is 1. The second-order valence-corrected chi connectivity index (χ2v) is 5.00. The molecule has 19 heavy (non-hydrogen) atoms. The highest BCUT2D eigenvalue weighted by Gasteiger charge is 2.04. The third-order valence-electron chi connectivity index (χ3n) is 3.22. The lowest BCUT2D eigenvalue weighted by molar-refractivity contribution is 0.269. The van der Waals surface area contributed by atoms with Gasteiger partial charge in [-0.05, 0) is 46.3 Å². The lowest BCUT2D eigenvalue weighted by Crippen LogP contribution is -2.27. The van der Waals surface area contributed by atoms with Crippen molar-refractivity contribution in [3.8, 4) is 5.88 Å². The first-order valence-corrected chi connectivity index (χ1v) is 6.79. The minimum Gasteiger partial charge on any atom is -0.481 e. The summed E-state index contributed by atoms with van der Waals surface area (Å²) in [6, 6.07) is 4.17. The molecule has 0 aromatic carbocycles. The van der Waals surface area contributed by atoms with Gasteiger partial charge in [-0.15, -0.1) is 0 Å². The predicted octanol–water partition coefficient (Wildman–Crippen LogP) is 2.20. The van der Waals surface area contributed by atoms with Crippen LogP contribution in [0, 0.1) is 0 Å². The quantitative estimate of drug-likeness (QED) is 0.706. The summed E-state index contributed by atoms with van der Waals surface area (Å²) in [4.78, 5) is 6.63. The number of nitrogens with zero attached hydrogens (tertiary/aromatic N) is 2. The van der Waals surface area contributed by atoms with Gasteiger partial charge in [0.15, 0.2) is 5.82 Å². The van der Waals surface area contributed by atoms with Gasteiger partial charge in [-0.1, -0.05) is 0 Å². The van der Waals surface area contributed by atoms with Crippen LogP contribution in [0.4, 0.5) is 11.5 Å². The molecule has 1 heterocycles. The molecule has 1 aromatic heterocycles. The molecule has 0 bridgehead atoms. The third-order valence-corrected chi connectivity index (χ3v) is 3.22. The summed E-state index contributed by atoms with van der Waals surface area (Å²) in [6.45, 7) is 6.40. The van der Waals surface area contributed by atoms with Gasteiger partial charge in [0.2, 0.25) is 5.88 Å². The molecule has 5 heteroatoms. The fraction of sp³-hybridized carbons (Fsp3) is 0.643. The van der Waals surface area contributed by atoms with E-state index in [1.54, 1.807) is 19.2 Å². The number of unbranched alkanes of at least 4 members (excludes halogenated alkanes) is 1. The van der Waals surface area contributed by atoms with Crippen molar-refractivity contribution in [3.63, 3.8) is 0 Å². The normalized spacial score (nSPS) is 11.1. The SMILES string of the molecule is COc1ccc(N)c(NCCCCN(C)C(C)C)n1. The Morgan fingerprint density at radius 3 is 2.74 bits per heavy atom. The summed E-state index contributed by atoms with van der Waals surface area (Å²) in [5.74, 6) is 1.29. The van der Waals surface area contributed by atoms with Crippen molar-refractivity contribution < 1.29 is 4.74 Å². The summed E-state index contributed by atoms with van der Waals surface area (Å²) >= 11 is 0. The molecule has 3 N–H and O–H groups in total. The molecule has 0 aliphatic heterocycles. The van der Waals surface area contributed by atoms with Crippen LogP contribution in [0.3, 0.4) is 0 Å². The van der Waals surface area contributed by atoms with Crippen molar-refractivity contribution >= 4 is 11.5 Å². The molecule has 5 nitrogen and oxygen atoms in total. The zero-order valence-corrected chi connectivity index (χ0v) is 12.4. The van der Waals surface area contributed by atoms with Crippen molar-refractivity contribution in [2.24, 2.45) is 0 Å². The van der Waals surface area contributed by atoms with Gasteiger partial charge < -0.3 is 20.7 Å². The van der Waals surface area contributed by atoms with E-state index < -0.39 is 0 Å². The van der Waals surface area contributed by atoms with Crippen molar-refractivity contribution in [1.82, 2.24) is 9.88 Å². The largest absolute Gasteiger partial charge is 0.481 e. The molecule has 0 saturated carbocycles. The van der Waals surface area contributed by atoms with Gasteiger partial charge in [-0.2, -0.15) is 4.98 Å². The maximum atomic E-state index is 5.86. The minimum absolute atomic E-state index is 0.580. The summed E-state index contributed by atoms with van der Waals surface area (Å²) in [5, 5.41) is 3.26. The highest BCUT2D eigenvalue weighted by molar-refractivity contribution is 5.61. The molecular weight excluding hydrogens is 240 g/mol. The van der Waals surface area contributed by atoms with Gasteiger partial charge in [0.05, 0.1) is 12.8 Å². The number of pyridine rings is 1. The average molecular weight is 266 g/mol. The van der Waals surface area contributed by atoms with Gasteiger partial charge >= 0.3 is 0 Å². The van der Waals surface area contributed by atoms with Crippen molar-refractivity contribution in [2.45, 2.75) is 32.7 Å². The number of hydrogen-bond acceptors (Lipinski definition) is 5. The summed E-state index contributed by atoms with van der Waals surface area (Å²) in [5.41, 5.74) is 6.51. The molecule has 0 fully saturated rings. The molecule has 0 aliphatic carbocycles. The monoisotopic (exact) mass is 266 g/mol. The molecule has 0 atom stereocenters. The standard InChI is InChI=1S/C14H26N4O/c1-11(2)18(3)10-6-5-9-16-14-12(15)7-8-13(17-14)19-4/h7-8,11H,5-6,9-10,15H2,1-4H3,(H,16,17). The van der Waals surface area contributed by atoms with Crippen LogP contribution in [0.5, 0.6) is 5.88 Å². The number of rotatable bonds is 8. The maximum Gasteiger partial charge on any atom is 0.215 e. The van der Waals surface area contributed by atoms with Crippen LogP contribution in [-0.4, -0.2) is 43.2 Å². The van der Waals surface area contributed by atoms with Crippen LogP contribution in [0.1, 0.15) is 26.7 Å². The highest BCUT2D eigenvalue weighted by Crippen LogP contribution is 2.19. The van der Waals surface area contributed by atoms with Crippen LogP contribution >= 0.6 is 0 Å². The zero-order valence-electron chi connectivity index (χ0n) is 12.4. The number of anilines is 2. The number of nitrogens with two attached hydrogens (primary N) is 1. The van der Waals surface area contributed by atoms with Gasteiger partial charge in [0, 0.05) is 18.7 Å². The van der Waals surface area contributed by atoms with Gasteiger partial charge in [-0.3, -0.25) is 0 Å². The Labute approximate surface area is 116 Å². The fourth-order valence-corrected chi connectivity index (χ4v) is 1.66. The topological polar surface area (TPSA) is 63.4 Å². The molecule has 1 rings (SSSR count). The molecule has 0 radical (unpaired) electrons. The zero-order chi connectivity index (χ0) is 14.3. The Morgan fingerprint density at radius 1 is 1.37 bits per heavy atom. The van der Waals surface area contributed by atoms with E-state index in [-0.39, 0.29) is 0 Å². The molecule has 1 aromatic rings. The van der Waals surface area contributed by atoms with Crippen LogP contribution in [0.25, 0.3) is 0 Å². The van der Waals surface area contributed by atoms with Crippen LogP contribution in [-0.2, 0) is 0 Å². The molecule has 108 valence electrons. The Kier molecular flexibility index (Phi) is 6.42. The number of hydrogen-bond donors (Lipinski definition) is 2. The van der Waals surface area contributed by atoms with E-state index in [1.807, 2.05) is 0 Å². The van der Waals surface area contributed by atoms with E-state index in [9.17, 15) is 0 Å². The Morgan fingerprint density at radius 2 is 2.11 bits per heavy atom. The lowest BCUT2D eigenvalue weighted by Gasteiger charge is -2.20. The van der Waals surface area contributed by atoms with E-state index in [0.717, 1.165) is 25.9 Å². The summed E-state index contributed by atoms with van der Waals surface area (Å²) < 4.78 is 5.08. The maximum absolute atomic E-state index is 5.86. The number of aromatic nitrogens is 1. The summed E-state index contributed by atoms with van der Waals surface area (Å²) in [6.07, 6.45) is 2.25. The number of ether oxygens (including phenoxy) is 1. The second-order valence-electron chi connectivity index (χ2n) is 5.00. The molecular formula is C14H26N4O. The smallest absolute Gasteiger partial charge is 0.215 e. The van der Waals surface area contributed by atoms with E-state index in [2.05, 4.69) is 36.1 Å². The minimum atomic E-state index is 0.580. The summed E-state index contributed by atoms with van der Waals surface area (Å²) in [7, 11) is 3.75. The molecule has 0 saturated heterocycles. The molecule has 0 aliphatic rings. The lowest BCUT2D eigenvalue weighted by atomic mass is 10.2. The first-order chi connectivity index (χ1) is 9.04. The fourth-order valence-electron chi connectivity index (χ4n) is 1.66. The molecule has 0 spiro atoms. The predicted molar refractivity (Wildman–Crippen MR) is 80.7 cm³/mol. The first kappa shape index (κ1) is 15.6. The average Bonchev–Trinajstić information content (AvgIpc) is 2.39. The van der Waals surface area contributed by atoms with Crippen LogP contribution in [0.2, 0.25) is 0 Å². The first-order valence-electron chi connectivity index (χ1n) is 6.79. The second kappa shape index (κ2) is 7.84. The highest BCUT2D eigenvalue weighted by atomic mass is 16.5. The Bertz CT molecular complexity index is 382. The molecule has 0 amide bonds. The van der Waals surface area contributed by atoms with Crippen molar-refractivity contribution in [1.29, 1.82) is 0 Å². The van der Waals surface area contributed by atoms with E-state index in [0.29, 0.717) is 23.4 Å². The molecule has 0 unspecified atom stereocenters. The third kappa shape index (κ3) is 5.34. The Hall–Kier alpha value is -1.49. The van der Waals surface area contributed by atoms with E-state index in [4.69, 9.17) is 10.5 Å². The van der Waals surface area contributed by atoms with Gasteiger partial charge in [0.1, 0.15) is 0 Å². The van der Waals surface area contributed by atoms with Gasteiger partial charge in [0.25, 0.3) is 0 Å². The number of nitrogen functional groups attached to an aromatic ring is 1. The van der Waals surface area contributed by atoms with Crippen LogP contribution in [0.15, 0.2) is 12.1 Å². The van der Waals surface area contributed by atoms with Gasteiger partial charge in [-0.25, -0.2) is 0 Å². The Balaban J connectivity index is 2.29. The number of methoxy groups -OCH3 is 1. The van der Waals surface area contributed by atoms with Crippen molar-refractivity contribution in [2.75, 3.05) is 38.3 Å². The van der Waals surface area contributed by atoms with Crippen molar-refractivity contribution in [3.05, 3.63) is 12.1 Å².